The first-order valence-corrected chi connectivity index (χ1v) is 10.7. The number of hydrogen-bond donors (Lipinski definition) is 0. The second kappa shape index (κ2) is 9.71. The van der Waals surface area contributed by atoms with E-state index in [0.29, 0.717) is 35.3 Å². The van der Waals surface area contributed by atoms with Crippen LogP contribution in [0.1, 0.15) is 25.0 Å². The Morgan fingerprint density at radius 3 is 2.25 bits per heavy atom. The van der Waals surface area contributed by atoms with Crippen LogP contribution in [0.15, 0.2) is 77.4 Å². The fourth-order valence-corrected chi connectivity index (χ4v) is 3.62. The van der Waals surface area contributed by atoms with Crippen molar-refractivity contribution in [2.45, 2.75) is 13.8 Å². The van der Waals surface area contributed by atoms with Gasteiger partial charge in [0.2, 0.25) is 5.90 Å². The van der Waals surface area contributed by atoms with Gasteiger partial charge in [0.1, 0.15) is 0 Å². The molecule has 0 saturated heterocycles. The summed E-state index contributed by atoms with van der Waals surface area (Å²) >= 11 is 6.37. The molecular weight excluding hydrogens is 426 g/mol. The van der Waals surface area contributed by atoms with E-state index in [9.17, 15) is 4.79 Å². The van der Waals surface area contributed by atoms with Crippen LogP contribution in [0, 0.1) is 0 Å². The zero-order valence-corrected chi connectivity index (χ0v) is 18.6. The number of aliphatic imine (C=N–C) groups is 1. The first-order valence-electron chi connectivity index (χ1n) is 10.4. The summed E-state index contributed by atoms with van der Waals surface area (Å²) in [7, 11) is 0. The van der Waals surface area contributed by atoms with Crippen LogP contribution in [-0.4, -0.2) is 25.1 Å². The largest absolute Gasteiger partial charge is 0.490 e. The molecular formula is C26H22ClNO4. The molecule has 0 amide bonds. The molecule has 0 radical (unpaired) electrons. The number of rotatable bonds is 7. The maximum absolute atomic E-state index is 12.4. The zero-order valence-electron chi connectivity index (χ0n) is 17.8. The van der Waals surface area contributed by atoms with Gasteiger partial charge < -0.3 is 14.2 Å². The van der Waals surface area contributed by atoms with Crippen LogP contribution in [0.5, 0.6) is 11.5 Å². The molecule has 4 rings (SSSR count). The Hall–Kier alpha value is -3.57. The lowest BCUT2D eigenvalue weighted by Crippen LogP contribution is -2.05. The molecule has 162 valence electrons. The predicted octanol–water partition coefficient (Wildman–Crippen LogP) is 6.15. The molecule has 1 aliphatic heterocycles. The van der Waals surface area contributed by atoms with Gasteiger partial charge in [-0.1, -0.05) is 54.1 Å². The minimum Gasteiger partial charge on any atom is -0.490 e. The van der Waals surface area contributed by atoms with Gasteiger partial charge in [0.25, 0.3) is 0 Å². The Labute approximate surface area is 191 Å². The second-order valence-electron chi connectivity index (χ2n) is 6.98. The Bertz CT molecular complexity index is 1180. The van der Waals surface area contributed by atoms with Crippen molar-refractivity contribution in [3.8, 4) is 22.6 Å². The fraction of sp³-hybridized carbons (Fsp3) is 0.154. The number of ether oxygens (including phenoxy) is 3. The van der Waals surface area contributed by atoms with Crippen LogP contribution in [0.4, 0.5) is 0 Å². The summed E-state index contributed by atoms with van der Waals surface area (Å²) in [5.41, 5.74) is 3.76. The van der Waals surface area contributed by atoms with E-state index in [-0.39, 0.29) is 11.6 Å². The quantitative estimate of drug-likeness (QED) is 0.322. The van der Waals surface area contributed by atoms with Crippen molar-refractivity contribution < 1.29 is 19.0 Å². The van der Waals surface area contributed by atoms with Crippen molar-refractivity contribution in [3.05, 3.63) is 88.6 Å². The van der Waals surface area contributed by atoms with E-state index >= 15 is 0 Å². The minimum atomic E-state index is -0.518. The standard InChI is InChI=1S/C26H22ClNO4/c1-3-30-23-16-17(14-21(27)24(23)31-4-2)15-22-26(29)32-25(28-22)20-12-10-19(11-13-20)18-8-6-5-7-9-18/h5-16H,3-4H2,1-2H3/b22-15-. The molecule has 0 unspecified atom stereocenters. The molecule has 0 spiro atoms. The molecule has 0 fully saturated rings. The normalized spacial score (nSPS) is 14.3. The number of esters is 1. The lowest BCUT2D eigenvalue weighted by molar-refractivity contribution is -0.129. The summed E-state index contributed by atoms with van der Waals surface area (Å²) < 4.78 is 16.6. The topological polar surface area (TPSA) is 57.1 Å². The van der Waals surface area contributed by atoms with E-state index in [1.54, 1.807) is 18.2 Å². The molecule has 5 nitrogen and oxygen atoms in total. The van der Waals surface area contributed by atoms with E-state index in [1.807, 2.05) is 68.4 Å². The summed E-state index contributed by atoms with van der Waals surface area (Å²) in [4.78, 5) is 16.8. The number of benzene rings is 3. The first-order chi connectivity index (χ1) is 15.6. The summed E-state index contributed by atoms with van der Waals surface area (Å²) in [6.07, 6.45) is 1.62. The molecule has 3 aromatic rings. The predicted molar refractivity (Wildman–Crippen MR) is 126 cm³/mol. The molecule has 3 aromatic carbocycles. The highest BCUT2D eigenvalue weighted by Crippen LogP contribution is 2.37. The van der Waals surface area contributed by atoms with Gasteiger partial charge in [-0.25, -0.2) is 9.79 Å². The Balaban J connectivity index is 1.61. The second-order valence-corrected chi connectivity index (χ2v) is 7.38. The number of carbonyl (C=O) groups is 1. The van der Waals surface area contributed by atoms with Crippen LogP contribution in [0.2, 0.25) is 5.02 Å². The van der Waals surface area contributed by atoms with E-state index in [2.05, 4.69) is 4.99 Å². The van der Waals surface area contributed by atoms with Crippen LogP contribution in [-0.2, 0) is 9.53 Å². The summed E-state index contributed by atoms with van der Waals surface area (Å²) in [6, 6.07) is 21.3. The third-order valence-electron chi connectivity index (χ3n) is 4.78. The van der Waals surface area contributed by atoms with Gasteiger partial charge in [-0.15, -0.1) is 0 Å². The van der Waals surface area contributed by atoms with Gasteiger partial charge in [-0.05, 0) is 60.9 Å². The summed E-state index contributed by atoms with van der Waals surface area (Å²) in [5.74, 6) is 0.744. The van der Waals surface area contributed by atoms with E-state index < -0.39 is 5.97 Å². The summed E-state index contributed by atoms with van der Waals surface area (Å²) in [5, 5.41) is 0.400. The zero-order chi connectivity index (χ0) is 22.5. The maximum Gasteiger partial charge on any atom is 0.363 e. The lowest BCUT2D eigenvalue weighted by atomic mass is 10.0. The van der Waals surface area contributed by atoms with E-state index in [0.717, 1.165) is 16.7 Å². The van der Waals surface area contributed by atoms with Gasteiger partial charge in [0.05, 0.1) is 18.2 Å². The van der Waals surface area contributed by atoms with Gasteiger partial charge in [0.15, 0.2) is 17.2 Å². The van der Waals surface area contributed by atoms with Crippen LogP contribution >= 0.6 is 11.6 Å². The number of carbonyl (C=O) groups excluding carboxylic acids is 1. The fourth-order valence-electron chi connectivity index (χ4n) is 3.34. The minimum absolute atomic E-state index is 0.190. The first kappa shape index (κ1) is 21.7. The van der Waals surface area contributed by atoms with Crippen molar-refractivity contribution in [2.75, 3.05) is 13.2 Å². The van der Waals surface area contributed by atoms with Crippen molar-refractivity contribution in [2.24, 2.45) is 4.99 Å². The Morgan fingerprint density at radius 1 is 0.906 bits per heavy atom. The average molecular weight is 448 g/mol. The van der Waals surface area contributed by atoms with Crippen molar-refractivity contribution in [1.82, 2.24) is 0 Å². The number of hydrogen-bond acceptors (Lipinski definition) is 5. The molecule has 0 aromatic heterocycles. The van der Waals surface area contributed by atoms with Gasteiger partial charge >= 0.3 is 5.97 Å². The highest BCUT2D eigenvalue weighted by molar-refractivity contribution is 6.32. The molecule has 0 saturated carbocycles. The number of cyclic esters (lactones) is 1. The highest BCUT2D eigenvalue weighted by atomic mass is 35.5. The smallest absolute Gasteiger partial charge is 0.363 e. The van der Waals surface area contributed by atoms with Gasteiger partial charge in [0, 0.05) is 5.56 Å². The van der Waals surface area contributed by atoms with Crippen LogP contribution in [0.25, 0.3) is 17.2 Å². The molecule has 0 atom stereocenters. The third kappa shape index (κ3) is 4.68. The van der Waals surface area contributed by atoms with E-state index in [1.165, 1.54) is 0 Å². The Kier molecular flexibility index (Phi) is 6.57. The number of nitrogens with zero attached hydrogens (tertiary/aromatic N) is 1. The lowest BCUT2D eigenvalue weighted by Gasteiger charge is -2.13. The van der Waals surface area contributed by atoms with E-state index in [4.69, 9.17) is 25.8 Å². The van der Waals surface area contributed by atoms with Gasteiger partial charge in [-0.3, -0.25) is 0 Å². The van der Waals surface area contributed by atoms with Crippen LogP contribution in [0.3, 0.4) is 0 Å². The van der Waals surface area contributed by atoms with Crippen molar-refractivity contribution >= 4 is 29.5 Å². The molecule has 1 aliphatic rings. The SMILES string of the molecule is CCOc1cc(/C=C2\N=C(c3ccc(-c4ccccc4)cc3)OC2=O)cc(Cl)c1OCC. The van der Waals surface area contributed by atoms with Crippen LogP contribution < -0.4 is 9.47 Å². The van der Waals surface area contributed by atoms with Crippen molar-refractivity contribution in [1.29, 1.82) is 0 Å². The summed E-state index contributed by atoms with van der Waals surface area (Å²) in [6.45, 7) is 4.67. The third-order valence-corrected chi connectivity index (χ3v) is 5.06. The molecule has 6 heteroatoms. The molecule has 32 heavy (non-hydrogen) atoms. The molecule has 0 bridgehead atoms. The number of halogens is 1. The molecule has 1 heterocycles. The molecule has 0 aliphatic carbocycles. The average Bonchev–Trinajstić information content (AvgIpc) is 3.17. The maximum atomic E-state index is 12.4. The monoisotopic (exact) mass is 447 g/mol. The molecule has 0 N–H and O–H groups in total. The Morgan fingerprint density at radius 2 is 1.56 bits per heavy atom. The van der Waals surface area contributed by atoms with Crippen molar-refractivity contribution in [3.63, 3.8) is 0 Å². The highest BCUT2D eigenvalue weighted by Gasteiger charge is 2.24. The van der Waals surface area contributed by atoms with Gasteiger partial charge in [-0.2, -0.15) is 0 Å².